The number of aromatic nitrogens is 2. The quantitative estimate of drug-likeness (QED) is 0.753. The lowest BCUT2D eigenvalue weighted by Gasteiger charge is -2.07. The molecule has 4 nitrogen and oxygen atoms in total. The largest absolute Gasteiger partial charge is 0.496 e. The fourth-order valence-corrected chi connectivity index (χ4v) is 1.74. The van der Waals surface area contributed by atoms with Crippen LogP contribution in [-0.4, -0.2) is 22.4 Å². The maximum atomic E-state index is 12.0. The summed E-state index contributed by atoms with van der Waals surface area (Å²) in [7, 11) is 3.41. The Bertz CT molecular complexity index is 532. The molecule has 0 saturated carbocycles. The van der Waals surface area contributed by atoms with Crippen LogP contribution in [-0.2, 0) is 13.5 Å². The van der Waals surface area contributed by atoms with E-state index in [2.05, 4.69) is 4.98 Å². The molecule has 1 aromatic heterocycles. The lowest BCUT2D eigenvalue weighted by Crippen LogP contribution is -2.10. The van der Waals surface area contributed by atoms with Crippen LogP contribution in [0.3, 0.4) is 0 Å². The maximum absolute atomic E-state index is 12.0. The number of ketones is 1. The molecule has 0 aliphatic rings. The summed E-state index contributed by atoms with van der Waals surface area (Å²) in [6, 6.07) is 7.51. The Morgan fingerprint density at radius 2 is 2.18 bits per heavy atom. The highest BCUT2D eigenvalue weighted by atomic mass is 16.5. The molecule has 0 bridgehead atoms. The van der Waals surface area contributed by atoms with E-state index in [0.717, 1.165) is 11.3 Å². The van der Waals surface area contributed by atoms with Crippen LogP contribution < -0.4 is 4.74 Å². The number of rotatable bonds is 4. The van der Waals surface area contributed by atoms with Crippen LogP contribution in [0, 0.1) is 0 Å². The molecule has 0 saturated heterocycles. The summed E-state index contributed by atoms with van der Waals surface area (Å²) in [5.41, 5.74) is 0.878. The molecule has 0 amide bonds. The SMILES string of the molecule is COc1ccccc1CC(=O)c1nccn1C. The number of hydrogen-bond donors (Lipinski definition) is 0. The van der Waals surface area contributed by atoms with Crippen molar-refractivity contribution in [2.45, 2.75) is 6.42 Å². The van der Waals surface area contributed by atoms with Gasteiger partial charge in [0.15, 0.2) is 5.82 Å². The van der Waals surface area contributed by atoms with Crippen LogP contribution in [0.25, 0.3) is 0 Å². The van der Waals surface area contributed by atoms with Crippen LogP contribution in [0.5, 0.6) is 5.75 Å². The van der Waals surface area contributed by atoms with Gasteiger partial charge in [-0.15, -0.1) is 0 Å². The van der Waals surface area contributed by atoms with Crippen molar-refractivity contribution < 1.29 is 9.53 Å². The van der Waals surface area contributed by atoms with Crippen LogP contribution in [0.4, 0.5) is 0 Å². The summed E-state index contributed by atoms with van der Waals surface area (Å²) >= 11 is 0. The van der Waals surface area contributed by atoms with Gasteiger partial charge in [0.05, 0.1) is 7.11 Å². The summed E-state index contributed by atoms with van der Waals surface area (Å²) in [5.74, 6) is 1.19. The van der Waals surface area contributed by atoms with Gasteiger partial charge in [0.1, 0.15) is 5.75 Å². The van der Waals surface area contributed by atoms with Gasteiger partial charge in [-0.05, 0) is 6.07 Å². The van der Waals surface area contributed by atoms with E-state index in [1.54, 1.807) is 24.1 Å². The van der Waals surface area contributed by atoms with Gasteiger partial charge in [-0.25, -0.2) is 4.98 Å². The van der Waals surface area contributed by atoms with Crippen molar-refractivity contribution in [3.05, 3.63) is 48.0 Å². The first-order chi connectivity index (χ1) is 8.22. The predicted molar refractivity (Wildman–Crippen MR) is 64.2 cm³/mol. The molecule has 2 aromatic rings. The number of nitrogens with zero attached hydrogens (tertiary/aromatic N) is 2. The highest BCUT2D eigenvalue weighted by molar-refractivity contribution is 5.94. The molecule has 0 aliphatic heterocycles. The minimum absolute atomic E-state index is 0.0120. The summed E-state index contributed by atoms with van der Waals surface area (Å²) in [6.45, 7) is 0. The zero-order valence-corrected chi connectivity index (χ0v) is 9.88. The van der Waals surface area contributed by atoms with Crippen LogP contribution in [0.15, 0.2) is 36.7 Å². The molecule has 1 aromatic carbocycles. The number of para-hydroxylation sites is 1. The van der Waals surface area contributed by atoms with Crippen molar-refractivity contribution in [1.82, 2.24) is 9.55 Å². The Morgan fingerprint density at radius 3 is 2.82 bits per heavy atom. The van der Waals surface area contributed by atoms with Crippen molar-refractivity contribution in [2.24, 2.45) is 7.05 Å². The Morgan fingerprint density at radius 1 is 1.41 bits per heavy atom. The number of carbonyl (C=O) groups is 1. The molecule has 2 rings (SSSR count). The first kappa shape index (κ1) is 11.4. The third-order valence-electron chi connectivity index (χ3n) is 2.61. The molecule has 0 aliphatic carbocycles. The number of ether oxygens (including phenoxy) is 1. The third kappa shape index (κ3) is 2.36. The van der Waals surface area contributed by atoms with Gasteiger partial charge in [-0.3, -0.25) is 4.79 Å². The number of benzene rings is 1. The molecule has 1 heterocycles. The first-order valence-corrected chi connectivity index (χ1v) is 5.35. The van der Waals surface area contributed by atoms with Crippen molar-refractivity contribution in [3.8, 4) is 5.75 Å². The number of carbonyl (C=O) groups excluding carboxylic acids is 1. The zero-order chi connectivity index (χ0) is 12.3. The van der Waals surface area contributed by atoms with Crippen LogP contribution in [0.2, 0.25) is 0 Å². The molecule has 0 unspecified atom stereocenters. The number of hydrogen-bond acceptors (Lipinski definition) is 3. The van der Waals surface area contributed by atoms with Gasteiger partial charge in [0, 0.05) is 31.4 Å². The average Bonchev–Trinajstić information content (AvgIpc) is 2.76. The van der Waals surface area contributed by atoms with Crippen LogP contribution >= 0.6 is 0 Å². The Hall–Kier alpha value is -2.10. The van der Waals surface area contributed by atoms with Crippen molar-refractivity contribution >= 4 is 5.78 Å². The van der Waals surface area contributed by atoms with Gasteiger partial charge in [0.25, 0.3) is 0 Å². The van der Waals surface area contributed by atoms with E-state index in [1.807, 2.05) is 31.3 Å². The predicted octanol–water partition coefficient (Wildman–Crippen LogP) is 1.85. The van der Waals surface area contributed by atoms with E-state index in [9.17, 15) is 4.79 Å². The molecule has 0 N–H and O–H groups in total. The summed E-state index contributed by atoms with van der Waals surface area (Å²) in [6.07, 6.45) is 3.68. The van der Waals surface area contributed by atoms with Gasteiger partial charge in [0.2, 0.25) is 5.78 Å². The van der Waals surface area contributed by atoms with Gasteiger partial charge in [-0.1, -0.05) is 18.2 Å². The minimum Gasteiger partial charge on any atom is -0.496 e. The smallest absolute Gasteiger partial charge is 0.202 e. The molecule has 17 heavy (non-hydrogen) atoms. The number of imidazole rings is 1. The molecule has 88 valence electrons. The van der Waals surface area contributed by atoms with E-state index in [-0.39, 0.29) is 5.78 Å². The lowest BCUT2D eigenvalue weighted by atomic mass is 10.1. The standard InChI is InChI=1S/C13H14N2O2/c1-15-8-7-14-13(15)11(16)9-10-5-3-4-6-12(10)17-2/h3-8H,9H2,1-2H3. The van der Waals surface area contributed by atoms with E-state index in [4.69, 9.17) is 4.74 Å². The Balaban J connectivity index is 2.22. The highest BCUT2D eigenvalue weighted by Crippen LogP contribution is 2.18. The second kappa shape index (κ2) is 4.82. The summed E-state index contributed by atoms with van der Waals surface area (Å²) in [4.78, 5) is 16.1. The van der Waals surface area contributed by atoms with Crippen molar-refractivity contribution in [1.29, 1.82) is 0 Å². The molecule has 0 fully saturated rings. The first-order valence-electron chi connectivity index (χ1n) is 5.35. The monoisotopic (exact) mass is 230 g/mol. The lowest BCUT2D eigenvalue weighted by molar-refractivity contribution is 0.0979. The van der Waals surface area contributed by atoms with Crippen molar-refractivity contribution in [2.75, 3.05) is 7.11 Å². The fourth-order valence-electron chi connectivity index (χ4n) is 1.74. The summed E-state index contributed by atoms with van der Waals surface area (Å²) < 4.78 is 6.93. The third-order valence-corrected chi connectivity index (χ3v) is 2.61. The summed E-state index contributed by atoms with van der Waals surface area (Å²) in [5, 5.41) is 0. The minimum atomic E-state index is -0.0120. The molecular formula is C13H14N2O2. The maximum Gasteiger partial charge on any atom is 0.202 e. The van der Waals surface area contributed by atoms with Gasteiger partial charge in [-0.2, -0.15) is 0 Å². The average molecular weight is 230 g/mol. The van der Waals surface area contributed by atoms with E-state index in [0.29, 0.717) is 12.2 Å². The second-order valence-corrected chi connectivity index (χ2v) is 3.77. The van der Waals surface area contributed by atoms with E-state index < -0.39 is 0 Å². The second-order valence-electron chi connectivity index (χ2n) is 3.77. The van der Waals surface area contributed by atoms with Crippen molar-refractivity contribution in [3.63, 3.8) is 0 Å². The highest BCUT2D eigenvalue weighted by Gasteiger charge is 2.13. The zero-order valence-electron chi connectivity index (χ0n) is 9.88. The molecular weight excluding hydrogens is 216 g/mol. The Labute approximate surface area is 99.9 Å². The molecule has 0 radical (unpaired) electrons. The molecule has 4 heteroatoms. The Kier molecular flexibility index (Phi) is 3.23. The number of methoxy groups -OCH3 is 1. The topological polar surface area (TPSA) is 44.1 Å². The number of Topliss-reactive ketones (excluding diaryl/α,β-unsaturated/α-hetero) is 1. The van der Waals surface area contributed by atoms with Crippen LogP contribution in [0.1, 0.15) is 16.2 Å². The number of aryl methyl sites for hydroxylation is 1. The van der Waals surface area contributed by atoms with E-state index in [1.165, 1.54) is 0 Å². The molecule has 0 spiro atoms. The fraction of sp³-hybridized carbons (Fsp3) is 0.231. The molecule has 0 atom stereocenters. The van der Waals surface area contributed by atoms with Gasteiger partial charge >= 0.3 is 0 Å². The normalized spacial score (nSPS) is 10.2. The van der Waals surface area contributed by atoms with E-state index >= 15 is 0 Å². The van der Waals surface area contributed by atoms with Gasteiger partial charge < -0.3 is 9.30 Å².